The molecule has 0 spiro atoms. The Hall–Kier alpha value is -0.540. The minimum Gasteiger partial charge on any atom is -0.466 e. The van der Waals surface area contributed by atoms with E-state index in [9.17, 15) is 4.79 Å². The summed E-state index contributed by atoms with van der Waals surface area (Å²) in [7, 11) is 0. The van der Waals surface area contributed by atoms with Crippen molar-refractivity contribution in [2.24, 2.45) is 5.92 Å². The molecule has 1 aliphatic rings. The van der Waals surface area contributed by atoms with Crippen molar-refractivity contribution in [2.75, 3.05) is 26.2 Å². The maximum absolute atomic E-state index is 11.5. The summed E-state index contributed by atoms with van der Waals surface area (Å²) in [5.74, 6) is 0.0586. The standard InChI is InChI=1S/C12H20ClNO2/c1-3-16-12(15)11-4-6-14(7-5-11)9-10(2)8-13/h8,11H,3-7,9H2,1-2H3. The summed E-state index contributed by atoms with van der Waals surface area (Å²) in [4.78, 5) is 13.8. The quantitative estimate of drug-likeness (QED) is 0.713. The van der Waals surface area contributed by atoms with E-state index in [2.05, 4.69) is 4.90 Å². The zero-order valence-electron chi connectivity index (χ0n) is 10.0. The van der Waals surface area contributed by atoms with Crippen LogP contribution in [0.1, 0.15) is 26.7 Å². The van der Waals surface area contributed by atoms with E-state index in [1.165, 1.54) is 0 Å². The molecule has 16 heavy (non-hydrogen) atoms. The Morgan fingerprint density at radius 1 is 1.50 bits per heavy atom. The molecule has 0 aliphatic carbocycles. The number of piperidine rings is 1. The molecule has 1 fully saturated rings. The van der Waals surface area contributed by atoms with Gasteiger partial charge in [-0.3, -0.25) is 9.69 Å². The fourth-order valence-corrected chi connectivity index (χ4v) is 2.04. The van der Waals surface area contributed by atoms with Crippen LogP contribution < -0.4 is 0 Å². The highest BCUT2D eigenvalue weighted by Crippen LogP contribution is 2.19. The van der Waals surface area contributed by atoms with E-state index in [1.54, 1.807) is 5.54 Å². The molecule has 0 bridgehead atoms. The Morgan fingerprint density at radius 2 is 2.12 bits per heavy atom. The third-order valence-electron chi connectivity index (χ3n) is 2.87. The van der Waals surface area contributed by atoms with E-state index in [4.69, 9.17) is 16.3 Å². The van der Waals surface area contributed by atoms with Gasteiger partial charge < -0.3 is 4.74 Å². The molecule has 0 unspecified atom stereocenters. The van der Waals surface area contributed by atoms with Crippen molar-refractivity contribution < 1.29 is 9.53 Å². The van der Waals surface area contributed by atoms with Crippen LogP contribution in [-0.4, -0.2) is 37.1 Å². The van der Waals surface area contributed by atoms with Gasteiger partial charge >= 0.3 is 5.97 Å². The summed E-state index contributed by atoms with van der Waals surface area (Å²) >= 11 is 5.63. The van der Waals surface area contributed by atoms with Crippen LogP contribution in [0.15, 0.2) is 11.1 Å². The number of nitrogens with zero attached hydrogens (tertiary/aromatic N) is 1. The molecular weight excluding hydrogens is 226 g/mol. The van der Waals surface area contributed by atoms with E-state index in [0.717, 1.165) is 38.0 Å². The van der Waals surface area contributed by atoms with Crippen molar-refractivity contribution in [3.05, 3.63) is 11.1 Å². The molecule has 0 N–H and O–H groups in total. The second-order valence-corrected chi connectivity index (χ2v) is 4.48. The molecule has 1 heterocycles. The zero-order chi connectivity index (χ0) is 12.0. The molecule has 0 atom stereocenters. The van der Waals surface area contributed by atoms with Gasteiger partial charge in [0.25, 0.3) is 0 Å². The van der Waals surface area contributed by atoms with Gasteiger partial charge in [0.15, 0.2) is 0 Å². The van der Waals surface area contributed by atoms with E-state index >= 15 is 0 Å². The first-order chi connectivity index (χ1) is 7.67. The highest BCUT2D eigenvalue weighted by atomic mass is 35.5. The molecule has 3 nitrogen and oxygen atoms in total. The van der Waals surface area contributed by atoms with Crippen molar-refractivity contribution in [1.29, 1.82) is 0 Å². The summed E-state index contributed by atoms with van der Waals surface area (Å²) in [6.45, 7) is 7.15. The highest BCUT2D eigenvalue weighted by molar-refractivity contribution is 6.25. The molecule has 0 saturated carbocycles. The number of carbonyl (C=O) groups is 1. The highest BCUT2D eigenvalue weighted by Gasteiger charge is 2.25. The molecule has 0 radical (unpaired) electrons. The number of halogens is 1. The number of esters is 1. The van der Waals surface area contributed by atoms with Crippen molar-refractivity contribution in [3.8, 4) is 0 Å². The fraction of sp³-hybridized carbons (Fsp3) is 0.750. The summed E-state index contributed by atoms with van der Waals surface area (Å²) < 4.78 is 5.03. The maximum atomic E-state index is 11.5. The number of hydrogen-bond acceptors (Lipinski definition) is 3. The minimum absolute atomic E-state index is 0.0354. The van der Waals surface area contributed by atoms with Crippen LogP contribution in [0.25, 0.3) is 0 Å². The Labute approximate surface area is 102 Å². The van der Waals surface area contributed by atoms with Crippen LogP contribution in [-0.2, 0) is 9.53 Å². The summed E-state index contributed by atoms with van der Waals surface area (Å²) in [5.41, 5.74) is 2.79. The van der Waals surface area contributed by atoms with Crippen molar-refractivity contribution in [3.63, 3.8) is 0 Å². The third kappa shape index (κ3) is 4.14. The van der Waals surface area contributed by atoms with Gasteiger partial charge in [0, 0.05) is 12.1 Å². The lowest BCUT2D eigenvalue weighted by atomic mass is 9.97. The van der Waals surface area contributed by atoms with E-state index in [0.29, 0.717) is 6.61 Å². The first-order valence-corrected chi connectivity index (χ1v) is 6.25. The molecule has 0 aromatic carbocycles. The summed E-state index contributed by atoms with van der Waals surface area (Å²) in [6.07, 6.45) is 1.79. The topological polar surface area (TPSA) is 29.5 Å². The Balaban J connectivity index is 2.31. The van der Waals surface area contributed by atoms with E-state index in [1.807, 2.05) is 13.8 Å². The van der Waals surface area contributed by atoms with Gasteiger partial charge in [-0.05, 0) is 45.4 Å². The van der Waals surface area contributed by atoms with Gasteiger partial charge in [-0.15, -0.1) is 0 Å². The number of ether oxygens (including phenoxy) is 1. The summed E-state index contributed by atoms with van der Waals surface area (Å²) in [5, 5.41) is 0. The first-order valence-electron chi connectivity index (χ1n) is 5.82. The molecule has 1 aliphatic heterocycles. The second kappa shape index (κ2) is 6.92. The van der Waals surface area contributed by atoms with Crippen LogP contribution in [0, 0.1) is 5.92 Å². The fourth-order valence-electron chi connectivity index (χ4n) is 1.97. The monoisotopic (exact) mass is 245 g/mol. The Morgan fingerprint density at radius 3 is 2.62 bits per heavy atom. The first kappa shape index (κ1) is 13.5. The number of likely N-dealkylation sites (tertiary alicyclic amines) is 1. The largest absolute Gasteiger partial charge is 0.466 e. The van der Waals surface area contributed by atoms with Crippen molar-refractivity contribution >= 4 is 17.6 Å². The molecule has 0 aromatic rings. The number of carbonyl (C=O) groups excluding carboxylic acids is 1. The molecule has 0 aromatic heterocycles. The van der Waals surface area contributed by atoms with Gasteiger partial charge in [-0.25, -0.2) is 0 Å². The SMILES string of the molecule is CCOC(=O)C1CCN(CC(C)=CCl)CC1. The lowest BCUT2D eigenvalue weighted by Crippen LogP contribution is -2.37. The second-order valence-electron chi connectivity index (χ2n) is 4.26. The third-order valence-corrected chi connectivity index (χ3v) is 3.24. The van der Waals surface area contributed by atoms with Gasteiger partial charge in [0.05, 0.1) is 12.5 Å². The minimum atomic E-state index is -0.0354. The number of rotatable bonds is 4. The van der Waals surface area contributed by atoms with E-state index in [-0.39, 0.29) is 11.9 Å². The predicted molar refractivity (Wildman–Crippen MR) is 65.4 cm³/mol. The van der Waals surface area contributed by atoms with Crippen LogP contribution in [0.5, 0.6) is 0 Å². The zero-order valence-corrected chi connectivity index (χ0v) is 10.8. The van der Waals surface area contributed by atoms with Gasteiger partial charge in [0.2, 0.25) is 0 Å². The van der Waals surface area contributed by atoms with Gasteiger partial charge in [-0.2, -0.15) is 0 Å². The average Bonchev–Trinajstić information content (AvgIpc) is 2.30. The summed E-state index contributed by atoms with van der Waals surface area (Å²) in [6, 6.07) is 0. The van der Waals surface area contributed by atoms with Crippen LogP contribution in [0.2, 0.25) is 0 Å². The smallest absolute Gasteiger partial charge is 0.309 e. The van der Waals surface area contributed by atoms with Crippen molar-refractivity contribution in [1.82, 2.24) is 4.90 Å². The van der Waals surface area contributed by atoms with Crippen LogP contribution >= 0.6 is 11.6 Å². The Bertz CT molecular complexity index is 258. The molecule has 0 amide bonds. The molecule has 92 valence electrons. The normalized spacial score (nSPS) is 19.8. The van der Waals surface area contributed by atoms with Gasteiger partial charge in [-0.1, -0.05) is 11.6 Å². The molecule has 1 rings (SSSR count). The lowest BCUT2D eigenvalue weighted by Gasteiger charge is -2.30. The maximum Gasteiger partial charge on any atom is 0.309 e. The molecular formula is C12H20ClNO2. The van der Waals surface area contributed by atoms with E-state index < -0.39 is 0 Å². The lowest BCUT2D eigenvalue weighted by molar-refractivity contribution is -0.149. The average molecular weight is 246 g/mol. The van der Waals surface area contributed by atoms with Gasteiger partial charge in [0.1, 0.15) is 0 Å². The molecule has 4 heteroatoms. The van der Waals surface area contributed by atoms with Crippen LogP contribution in [0.3, 0.4) is 0 Å². The predicted octanol–water partition coefficient (Wildman–Crippen LogP) is 2.40. The molecule has 1 saturated heterocycles. The number of hydrogen-bond donors (Lipinski definition) is 0. The van der Waals surface area contributed by atoms with Crippen LogP contribution in [0.4, 0.5) is 0 Å². The van der Waals surface area contributed by atoms with Crippen molar-refractivity contribution in [2.45, 2.75) is 26.7 Å². The Kier molecular flexibility index (Phi) is 5.85.